The van der Waals surface area contributed by atoms with E-state index in [0.717, 1.165) is 0 Å². The molecule has 0 aliphatic heterocycles. The highest BCUT2D eigenvalue weighted by Crippen LogP contribution is 2.25. The maximum atomic E-state index is 11.9. The van der Waals surface area contributed by atoms with Crippen LogP contribution < -0.4 is 5.73 Å². The summed E-state index contributed by atoms with van der Waals surface area (Å²) in [7, 11) is -3.29. The minimum absolute atomic E-state index is 0.0130. The fourth-order valence-electron chi connectivity index (χ4n) is 1.38. The quantitative estimate of drug-likeness (QED) is 0.908. The van der Waals surface area contributed by atoms with E-state index in [1.807, 2.05) is 6.92 Å². The van der Waals surface area contributed by atoms with Crippen molar-refractivity contribution < 1.29 is 8.42 Å². The molecule has 0 fully saturated rings. The van der Waals surface area contributed by atoms with Gasteiger partial charge < -0.3 is 5.73 Å². The molecular weight excluding hydrogens is 281 g/mol. The Balaban J connectivity index is 2.79. The van der Waals surface area contributed by atoms with Crippen LogP contribution in [0.2, 0.25) is 10.0 Å². The normalized spacial score (nSPS) is 13.6. The molecule has 0 bridgehead atoms. The van der Waals surface area contributed by atoms with Crippen LogP contribution in [0, 0.1) is 0 Å². The van der Waals surface area contributed by atoms with Gasteiger partial charge >= 0.3 is 0 Å². The van der Waals surface area contributed by atoms with Gasteiger partial charge in [0.1, 0.15) is 0 Å². The zero-order valence-corrected chi connectivity index (χ0v) is 11.8. The number of hydrogen-bond donors (Lipinski definition) is 1. The molecule has 0 radical (unpaired) electrons. The van der Waals surface area contributed by atoms with Crippen LogP contribution in [0.25, 0.3) is 0 Å². The Morgan fingerprint density at radius 3 is 2.47 bits per heavy atom. The molecule has 1 aromatic carbocycles. The van der Waals surface area contributed by atoms with Gasteiger partial charge in [-0.1, -0.05) is 23.2 Å². The Morgan fingerprint density at radius 2 is 1.94 bits per heavy atom. The number of sulfone groups is 1. The summed E-state index contributed by atoms with van der Waals surface area (Å²) in [6.45, 7) is 1.85. The first-order valence-electron chi connectivity index (χ1n) is 5.26. The monoisotopic (exact) mass is 295 g/mol. The van der Waals surface area contributed by atoms with Crippen molar-refractivity contribution >= 4 is 33.0 Å². The molecule has 0 aliphatic rings. The van der Waals surface area contributed by atoms with E-state index >= 15 is 0 Å². The lowest BCUT2D eigenvalue weighted by atomic mass is 10.2. The van der Waals surface area contributed by atoms with Gasteiger partial charge in [-0.15, -0.1) is 0 Å². The molecular formula is C11H15Cl2NO2S. The molecule has 1 unspecified atom stereocenters. The molecule has 0 saturated heterocycles. The summed E-state index contributed by atoms with van der Waals surface area (Å²) < 4.78 is 23.9. The summed E-state index contributed by atoms with van der Waals surface area (Å²) in [6, 6.07) is 4.35. The van der Waals surface area contributed by atoms with Crippen LogP contribution in [-0.4, -0.2) is 20.2 Å². The predicted octanol–water partition coefficient (Wildman–Crippen LogP) is 2.89. The SMILES string of the molecule is CC(N)CCCS(=O)(=O)c1ccc(Cl)c(Cl)c1. The lowest BCUT2D eigenvalue weighted by Gasteiger charge is -2.07. The average molecular weight is 296 g/mol. The highest BCUT2D eigenvalue weighted by molar-refractivity contribution is 7.91. The minimum Gasteiger partial charge on any atom is -0.328 e. The summed E-state index contributed by atoms with van der Waals surface area (Å²) in [6.07, 6.45) is 1.22. The number of hydrogen-bond acceptors (Lipinski definition) is 3. The van der Waals surface area contributed by atoms with E-state index in [9.17, 15) is 8.42 Å². The van der Waals surface area contributed by atoms with Crippen molar-refractivity contribution in [1.29, 1.82) is 0 Å². The molecule has 0 heterocycles. The van der Waals surface area contributed by atoms with Gasteiger partial charge in [0.05, 0.1) is 20.7 Å². The first-order valence-corrected chi connectivity index (χ1v) is 7.67. The Hall–Kier alpha value is -0.290. The second kappa shape index (κ2) is 6.05. The average Bonchev–Trinajstić information content (AvgIpc) is 2.21. The minimum atomic E-state index is -3.29. The molecule has 0 spiro atoms. The summed E-state index contributed by atoms with van der Waals surface area (Å²) in [5.41, 5.74) is 5.57. The number of halogens is 2. The standard InChI is InChI=1S/C11H15Cl2NO2S/c1-8(14)3-2-6-17(15,16)9-4-5-10(12)11(13)7-9/h4-5,7-8H,2-3,6,14H2,1H3. The fourth-order valence-corrected chi connectivity index (χ4v) is 3.10. The summed E-state index contributed by atoms with van der Waals surface area (Å²) >= 11 is 11.5. The Labute approximate surface area is 112 Å². The van der Waals surface area contributed by atoms with Gasteiger partial charge in [0, 0.05) is 6.04 Å². The lowest BCUT2D eigenvalue weighted by molar-refractivity contribution is 0.585. The molecule has 96 valence electrons. The van der Waals surface area contributed by atoms with Gasteiger partial charge in [-0.05, 0) is 38.0 Å². The van der Waals surface area contributed by atoms with Gasteiger partial charge in [0.15, 0.2) is 9.84 Å². The number of rotatable bonds is 5. The third-order valence-electron chi connectivity index (χ3n) is 2.32. The second-order valence-electron chi connectivity index (χ2n) is 4.01. The third kappa shape index (κ3) is 4.47. The van der Waals surface area contributed by atoms with Gasteiger partial charge in [0.2, 0.25) is 0 Å². The Bertz CT molecular complexity index is 486. The fraction of sp³-hybridized carbons (Fsp3) is 0.455. The zero-order chi connectivity index (χ0) is 13.1. The number of nitrogens with two attached hydrogens (primary N) is 1. The molecule has 3 nitrogen and oxygen atoms in total. The van der Waals surface area contributed by atoms with E-state index in [1.165, 1.54) is 18.2 Å². The van der Waals surface area contributed by atoms with Crippen molar-refractivity contribution in [2.24, 2.45) is 5.73 Å². The van der Waals surface area contributed by atoms with Crippen LogP contribution in [0.3, 0.4) is 0 Å². The summed E-state index contributed by atoms with van der Waals surface area (Å²) in [4.78, 5) is 0.205. The van der Waals surface area contributed by atoms with Crippen molar-refractivity contribution in [3.05, 3.63) is 28.2 Å². The summed E-state index contributed by atoms with van der Waals surface area (Å²) in [5.74, 6) is 0.0759. The van der Waals surface area contributed by atoms with Crippen molar-refractivity contribution in [3.8, 4) is 0 Å². The van der Waals surface area contributed by atoms with E-state index in [4.69, 9.17) is 28.9 Å². The molecule has 1 rings (SSSR count). The van der Waals surface area contributed by atoms with Crippen LogP contribution in [0.4, 0.5) is 0 Å². The molecule has 1 atom stereocenters. The molecule has 1 aromatic rings. The lowest BCUT2D eigenvalue weighted by Crippen LogP contribution is -2.16. The van der Waals surface area contributed by atoms with Gasteiger partial charge in [-0.3, -0.25) is 0 Å². The topological polar surface area (TPSA) is 60.2 Å². The molecule has 2 N–H and O–H groups in total. The van der Waals surface area contributed by atoms with E-state index < -0.39 is 9.84 Å². The maximum Gasteiger partial charge on any atom is 0.178 e. The molecule has 17 heavy (non-hydrogen) atoms. The maximum absolute atomic E-state index is 11.9. The second-order valence-corrected chi connectivity index (χ2v) is 6.94. The Morgan fingerprint density at radius 1 is 1.29 bits per heavy atom. The molecule has 0 saturated carbocycles. The van der Waals surface area contributed by atoms with Crippen LogP contribution in [0.5, 0.6) is 0 Å². The van der Waals surface area contributed by atoms with Crippen LogP contribution in [0.1, 0.15) is 19.8 Å². The zero-order valence-electron chi connectivity index (χ0n) is 9.49. The van der Waals surface area contributed by atoms with Crippen molar-refractivity contribution in [1.82, 2.24) is 0 Å². The van der Waals surface area contributed by atoms with Gasteiger partial charge in [-0.2, -0.15) is 0 Å². The van der Waals surface area contributed by atoms with Crippen LogP contribution in [0.15, 0.2) is 23.1 Å². The predicted molar refractivity (Wildman–Crippen MR) is 71.4 cm³/mol. The van der Waals surface area contributed by atoms with Crippen LogP contribution >= 0.6 is 23.2 Å². The largest absolute Gasteiger partial charge is 0.328 e. The Kier molecular flexibility index (Phi) is 5.25. The van der Waals surface area contributed by atoms with Gasteiger partial charge in [-0.25, -0.2) is 8.42 Å². The van der Waals surface area contributed by atoms with Crippen molar-refractivity contribution in [2.45, 2.75) is 30.7 Å². The van der Waals surface area contributed by atoms with Crippen molar-refractivity contribution in [3.63, 3.8) is 0 Å². The molecule has 0 aliphatic carbocycles. The van der Waals surface area contributed by atoms with E-state index in [1.54, 1.807) is 0 Å². The number of benzene rings is 1. The van der Waals surface area contributed by atoms with Crippen molar-refractivity contribution in [2.75, 3.05) is 5.75 Å². The van der Waals surface area contributed by atoms with E-state index in [0.29, 0.717) is 17.9 Å². The van der Waals surface area contributed by atoms with Crippen LogP contribution in [-0.2, 0) is 9.84 Å². The first kappa shape index (κ1) is 14.8. The third-order valence-corrected chi connectivity index (χ3v) is 4.86. The smallest absolute Gasteiger partial charge is 0.178 e. The molecule has 0 amide bonds. The molecule has 0 aromatic heterocycles. The van der Waals surface area contributed by atoms with E-state index in [-0.39, 0.29) is 21.7 Å². The highest BCUT2D eigenvalue weighted by atomic mass is 35.5. The van der Waals surface area contributed by atoms with Gasteiger partial charge in [0.25, 0.3) is 0 Å². The summed E-state index contributed by atoms with van der Waals surface area (Å²) in [5, 5.41) is 0.598. The first-order chi connectivity index (χ1) is 7.83. The molecule has 6 heteroatoms. The van der Waals surface area contributed by atoms with E-state index in [2.05, 4.69) is 0 Å². The highest BCUT2D eigenvalue weighted by Gasteiger charge is 2.15.